The molecule has 1 saturated heterocycles. The molecule has 0 bridgehead atoms. The Kier molecular flexibility index (Phi) is 5.88. The Balaban J connectivity index is 1.81. The highest BCUT2D eigenvalue weighted by Gasteiger charge is 2.40. The molecule has 2 aromatic rings. The molecule has 2 heterocycles. The third-order valence-corrected chi connectivity index (χ3v) is 5.01. The summed E-state index contributed by atoms with van der Waals surface area (Å²) in [5.41, 5.74) is 1.20. The maximum Gasteiger partial charge on any atom is 0.225 e. The minimum absolute atomic E-state index is 0.0578. The first-order valence-electron chi connectivity index (χ1n) is 9.31. The van der Waals surface area contributed by atoms with Gasteiger partial charge in [0.1, 0.15) is 5.82 Å². The number of aryl methyl sites for hydroxylation is 1. The quantitative estimate of drug-likeness (QED) is 0.845. The van der Waals surface area contributed by atoms with Gasteiger partial charge in [0.2, 0.25) is 11.8 Å². The highest BCUT2D eigenvalue weighted by molar-refractivity contribution is 5.85. The van der Waals surface area contributed by atoms with Crippen LogP contribution in [0, 0.1) is 11.7 Å². The lowest BCUT2D eigenvalue weighted by molar-refractivity contribution is -0.143. The number of piperidine rings is 1. The summed E-state index contributed by atoms with van der Waals surface area (Å²) in [6.07, 6.45) is 1.42. The Labute approximate surface area is 157 Å². The molecular formula is C20H24FN3O3. The topological polar surface area (TPSA) is 75.4 Å². The van der Waals surface area contributed by atoms with Crippen LogP contribution in [0.25, 0.3) is 0 Å². The van der Waals surface area contributed by atoms with Crippen LogP contribution < -0.4 is 5.32 Å². The van der Waals surface area contributed by atoms with Gasteiger partial charge in [0.05, 0.1) is 24.2 Å². The van der Waals surface area contributed by atoms with E-state index in [9.17, 15) is 14.0 Å². The molecule has 0 saturated carbocycles. The monoisotopic (exact) mass is 373 g/mol. The summed E-state index contributed by atoms with van der Waals surface area (Å²) in [5, 5.41) is 6.76. The summed E-state index contributed by atoms with van der Waals surface area (Å²) in [4.78, 5) is 26.8. The molecule has 6 nitrogen and oxygen atoms in total. The van der Waals surface area contributed by atoms with Crippen molar-refractivity contribution in [1.82, 2.24) is 15.4 Å². The van der Waals surface area contributed by atoms with Gasteiger partial charge in [0.25, 0.3) is 0 Å². The summed E-state index contributed by atoms with van der Waals surface area (Å²) in [6, 6.07) is 7.52. The molecule has 2 amide bonds. The average Bonchev–Trinajstić information content (AvgIpc) is 3.14. The molecule has 2 atom stereocenters. The second kappa shape index (κ2) is 8.33. The highest BCUT2D eigenvalue weighted by atomic mass is 19.1. The molecule has 27 heavy (non-hydrogen) atoms. The maximum atomic E-state index is 14.4. The standard InChI is InChI=1S/C20H24FN3O3/c1-3-13-11-14(27-23-13)12-22-20(26)16-9-10-18(25)24(4-2)19(16)15-7-5-6-8-17(15)21/h5-8,11,16,19H,3-4,9-10,12H2,1-2H3,(H,22,26)/t16-,19+/m1/s1. The maximum absolute atomic E-state index is 14.4. The molecule has 1 aromatic heterocycles. The number of carbonyl (C=O) groups is 2. The van der Waals surface area contributed by atoms with Crippen molar-refractivity contribution in [3.05, 3.63) is 53.2 Å². The predicted molar refractivity (Wildman–Crippen MR) is 97.0 cm³/mol. The largest absolute Gasteiger partial charge is 0.359 e. The van der Waals surface area contributed by atoms with Crippen LogP contribution >= 0.6 is 0 Å². The number of nitrogens with one attached hydrogen (secondary N) is 1. The zero-order valence-corrected chi connectivity index (χ0v) is 15.6. The predicted octanol–water partition coefficient (Wildman–Crippen LogP) is 2.99. The zero-order valence-electron chi connectivity index (χ0n) is 15.6. The molecule has 0 unspecified atom stereocenters. The number of benzene rings is 1. The van der Waals surface area contributed by atoms with E-state index >= 15 is 0 Å². The fourth-order valence-electron chi connectivity index (χ4n) is 3.61. The van der Waals surface area contributed by atoms with Crippen LogP contribution in [0.1, 0.15) is 49.7 Å². The van der Waals surface area contributed by atoms with Gasteiger partial charge in [0.15, 0.2) is 5.76 Å². The van der Waals surface area contributed by atoms with Gasteiger partial charge in [-0.25, -0.2) is 4.39 Å². The molecule has 0 aliphatic carbocycles. The van der Waals surface area contributed by atoms with E-state index in [-0.39, 0.29) is 24.8 Å². The number of rotatable bonds is 6. The Morgan fingerprint density at radius 3 is 2.81 bits per heavy atom. The lowest BCUT2D eigenvalue weighted by Crippen LogP contribution is -2.48. The van der Waals surface area contributed by atoms with Crippen LogP contribution in [0.3, 0.4) is 0 Å². The lowest BCUT2D eigenvalue weighted by atomic mass is 9.83. The number of amides is 2. The Morgan fingerprint density at radius 1 is 1.37 bits per heavy atom. The van der Waals surface area contributed by atoms with Gasteiger partial charge in [-0.3, -0.25) is 9.59 Å². The molecule has 7 heteroatoms. The van der Waals surface area contributed by atoms with Crippen LogP contribution in [0.5, 0.6) is 0 Å². The van der Waals surface area contributed by atoms with E-state index in [1.54, 1.807) is 29.2 Å². The molecule has 1 aromatic carbocycles. The van der Waals surface area contributed by atoms with Gasteiger partial charge in [-0.2, -0.15) is 0 Å². The van der Waals surface area contributed by atoms with Gasteiger partial charge in [-0.15, -0.1) is 0 Å². The van der Waals surface area contributed by atoms with E-state index < -0.39 is 17.8 Å². The van der Waals surface area contributed by atoms with Crippen molar-refractivity contribution in [1.29, 1.82) is 0 Å². The van der Waals surface area contributed by atoms with Crippen LogP contribution in [0.15, 0.2) is 34.9 Å². The molecule has 0 radical (unpaired) electrons. The summed E-state index contributed by atoms with van der Waals surface area (Å²) in [6.45, 7) is 4.44. The van der Waals surface area contributed by atoms with Gasteiger partial charge in [-0.05, 0) is 25.8 Å². The van der Waals surface area contributed by atoms with E-state index in [1.807, 2.05) is 13.8 Å². The fourth-order valence-corrected chi connectivity index (χ4v) is 3.61. The van der Waals surface area contributed by atoms with Crippen LogP contribution in [-0.4, -0.2) is 28.4 Å². The molecule has 0 spiro atoms. The number of carbonyl (C=O) groups excluding carboxylic acids is 2. The fraction of sp³-hybridized carbons (Fsp3) is 0.450. The molecule has 144 valence electrons. The van der Waals surface area contributed by atoms with Crippen molar-refractivity contribution in [2.24, 2.45) is 5.92 Å². The van der Waals surface area contributed by atoms with E-state index in [0.29, 0.717) is 24.3 Å². The van der Waals surface area contributed by atoms with E-state index in [1.165, 1.54) is 6.07 Å². The summed E-state index contributed by atoms with van der Waals surface area (Å²) >= 11 is 0. The number of aromatic nitrogens is 1. The number of hydrogen-bond acceptors (Lipinski definition) is 4. The Hall–Kier alpha value is -2.70. The SMILES string of the molecule is CCc1cc(CNC(=O)[C@@H]2CCC(=O)N(CC)[C@H]2c2ccccc2F)on1. The van der Waals surface area contributed by atoms with Gasteiger partial charge in [-0.1, -0.05) is 30.3 Å². The third-order valence-electron chi connectivity index (χ3n) is 5.01. The van der Waals surface area contributed by atoms with Crippen molar-refractivity contribution < 1.29 is 18.5 Å². The normalized spacial score (nSPS) is 20.0. The summed E-state index contributed by atoms with van der Waals surface area (Å²) in [7, 11) is 0. The van der Waals surface area contributed by atoms with Crippen molar-refractivity contribution in [3.8, 4) is 0 Å². The smallest absolute Gasteiger partial charge is 0.225 e. The molecular weight excluding hydrogens is 349 g/mol. The van der Waals surface area contributed by atoms with Gasteiger partial charge < -0.3 is 14.7 Å². The second-order valence-corrected chi connectivity index (χ2v) is 6.65. The zero-order chi connectivity index (χ0) is 19.4. The minimum Gasteiger partial charge on any atom is -0.359 e. The first kappa shape index (κ1) is 19.1. The molecule has 1 aliphatic heterocycles. The van der Waals surface area contributed by atoms with E-state index in [2.05, 4.69) is 10.5 Å². The van der Waals surface area contributed by atoms with Crippen LogP contribution in [-0.2, 0) is 22.6 Å². The van der Waals surface area contributed by atoms with Crippen LogP contribution in [0.4, 0.5) is 4.39 Å². The summed E-state index contributed by atoms with van der Waals surface area (Å²) in [5.74, 6) is -0.632. The third kappa shape index (κ3) is 4.02. The lowest BCUT2D eigenvalue weighted by Gasteiger charge is -2.40. The van der Waals surface area contributed by atoms with Crippen molar-refractivity contribution >= 4 is 11.8 Å². The second-order valence-electron chi connectivity index (χ2n) is 6.65. The molecule has 1 aliphatic rings. The Morgan fingerprint density at radius 2 is 2.15 bits per heavy atom. The van der Waals surface area contributed by atoms with Crippen LogP contribution in [0.2, 0.25) is 0 Å². The van der Waals surface area contributed by atoms with Crippen molar-refractivity contribution in [3.63, 3.8) is 0 Å². The number of likely N-dealkylation sites (tertiary alicyclic amines) is 1. The molecule has 1 N–H and O–H groups in total. The van der Waals surface area contributed by atoms with Gasteiger partial charge in [0, 0.05) is 24.6 Å². The van der Waals surface area contributed by atoms with E-state index in [0.717, 1.165) is 12.1 Å². The molecule has 1 fully saturated rings. The highest BCUT2D eigenvalue weighted by Crippen LogP contribution is 2.37. The first-order valence-corrected chi connectivity index (χ1v) is 9.31. The van der Waals surface area contributed by atoms with Crippen molar-refractivity contribution in [2.45, 2.75) is 45.7 Å². The minimum atomic E-state index is -0.613. The number of nitrogens with zero attached hydrogens (tertiary/aromatic N) is 2. The number of halogens is 1. The Bertz CT molecular complexity index is 820. The number of hydrogen-bond donors (Lipinski definition) is 1. The molecule has 3 rings (SSSR count). The van der Waals surface area contributed by atoms with Gasteiger partial charge >= 0.3 is 0 Å². The average molecular weight is 373 g/mol. The van der Waals surface area contributed by atoms with E-state index in [4.69, 9.17) is 4.52 Å². The first-order chi connectivity index (χ1) is 13.0. The summed E-state index contributed by atoms with van der Waals surface area (Å²) < 4.78 is 19.6. The van der Waals surface area contributed by atoms with Crippen molar-refractivity contribution in [2.75, 3.05) is 6.54 Å².